The maximum absolute atomic E-state index is 11.6. The molecule has 0 heterocycles. The summed E-state index contributed by atoms with van der Waals surface area (Å²) < 4.78 is 5.25. The van der Waals surface area contributed by atoms with Crippen molar-refractivity contribution in [3.05, 3.63) is 0 Å². The lowest BCUT2D eigenvalue weighted by molar-refractivity contribution is -0.143. The molecule has 0 aromatic heterocycles. The average Bonchev–Trinajstić information content (AvgIpc) is 2.73. The number of unbranched alkanes of at least 4 members (excludes halogenated alkanes) is 19. The summed E-state index contributed by atoms with van der Waals surface area (Å²) in [6, 6.07) is 0. The van der Waals surface area contributed by atoms with Crippen LogP contribution in [0, 0.1) is 0 Å². The molecule has 0 aromatic rings. The summed E-state index contributed by atoms with van der Waals surface area (Å²) in [4.78, 5) is 11.6. The van der Waals surface area contributed by atoms with Gasteiger partial charge in [0, 0.05) is 13.0 Å². The zero-order valence-corrected chi connectivity index (χ0v) is 19.7. The SMILES string of the molecule is CCCCCCCCCCCCCCCCCCCC(=O)OCCCCCCO. The summed E-state index contributed by atoms with van der Waals surface area (Å²) in [7, 11) is 0. The molecule has 0 fully saturated rings. The Balaban J connectivity index is 3.10. The van der Waals surface area contributed by atoms with Gasteiger partial charge in [0.05, 0.1) is 6.61 Å². The van der Waals surface area contributed by atoms with E-state index in [1.807, 2.05) is 0 Å². The van der Waals surface area contributed by atoms with Crippen molar-refractivity contribution < 1.29 is 14.6 Å². The van der Waals surface area contributed by atoms with Crippen LogP contribution in [0.3, 0.4) is 0 Å². The van der Waals surface area contributed by atoms with Crippen LogP contribution in [0.25, 0.3) is 0 Å². The Labute approximate surface area is 182 Å². The molecule has 0 unspecified atom stereocenters. The Bertz CT molecular complexity index is 317. The molecular formula is C26H52O3. The Morgan fingerprint density at radius 2 is 0.931 bits per heavy atom. The number of hydrogen-bond acceptors (Lipinski definition) is 3. The van der Waals surface area contributed by atoms with Crippen molar-refractivity contribution in [2.75, 3.05) is 13.2 Å². The van der Waals surface area contributed by atoms with Crippen LogP contribution in [0.15, 0.2) is 0 Å². The minimum Gasteiger partial charge on any atom is -0.466 e. The molecule has 3 nitrogen and oxygen atoms in total. The van der Waals surface area contributed by atoms with Gasteiger partial charge in [0.1, 0.15) is 0 Å². The fraction of sp³-hybridized carbons (Fsp3) is 0.962. The lowest BCUT2D eigenvalue weighted by Gasteiger charge is -2.05. The fourth-order valence-electron chi connectivity index (χ4n) is 3.82. The maximum Gasteiger partial charge on any atom is 0.305 e. The quantitative estimate of drug-likeness (QED) is 0.129. The van der Waals surface area contributed by atoms with Gasteiger partial charge in [-0.1, -0.05) is 116 Å². The van der Waals surface area contributed by atoms with Gasteiger partial charge < -0.3 is 9.84 Å². The number of aliphatic hydroxyl groups is 1. The highest BCUT2D eigenvalue weighted by atomic mass is 16.5. The van der Waals surface area contributed by atoms with Crippen LogP contribution in [0.4, 0.5) is 0 Å². The van der Waals surface area contributed by atoms with Crippen molar-refractivity contribution in [2.45, 2.75) is 148 Å². The van der Waals surface area contributed by atoms with Gasteiger partial charge in [0.25, 0.3) is 0 Å². The highest BCUT2D eigenvalue weighted by Gasteiger charge is 2.02. The molecule has 1 N–H and O–H groups in total. The molecule has 0 spiro atoms. The molecule has 0 aliphatic carbocycles. The summed E-state index contributed by atoms with van der Waals surface area (Å²) >= 11 is 0. The smallest absolute Gasteiger partial charge is 0.305 e. The number of rotatable bonds is 24. The van der Waals surface area contributed by atoms with Crippen LogP contribution in [0.1, 0.15) is 148 Å². The van der Waals surface area contributed by atoms with Crippen molar-refractivity contribution in [1.82, 2.24) is 0 Å². The fourth-order valence-corrected chi connectivity index (χ4v) is 3.82. The second kappa shape index (κ2) is 25.5. The second-order valence-electron chi connectivity index (χ2n) is 8.77. The zero-order chi connectivity index (χ0) is 21.3. The summed E-state index contributed by atoms with van der Waals surface area (Å²) in [6.07, 6.45) is 27.5. The molecule has 3 heteroatoms. The minimum absolute atomic E-state index is 0.0342. The first-order chi connectivity index (χ1) is 14.3. The predicted octanol–water partition coefficient (Wildman–Crippen LogP) is 8.12. The minimum atomic E-state index is -0.0342. The zero-order valence-electron chi connectivity index (χ0n) is 19.7. The molecule has 0 amide bonds. The molecule has 0 aliphatic heterocycles. The van der Waals surface area contributed by atoms with E-state index in [2.05, 4.69) is 6.92 Å². The van der Waals surface area contributed by atoms with Crippen LogP contribution < -0.4 is 0 Å². The van der Waals surface area contributed by atoms with Gasteiger partial charge in [-0.25, -0.2) is 0 Å². The first kappa shape index (κ1) is 28.4. The summed E-state index contributed by atoms with van der Waals surface area (Å²) in [5.41, 5.74) is 0. The van der Waals surface area contributed by atoms with Crippen LogP contribution in [0.5, 0.6) is 0 Å². The molecule has 0 aromatic carbocycles. The maximum atomic E-state index is 11.6. The number of carbonyl (C=O) groups excluding carboxylic acids is 1. The molecule has 0 aliphatic rings. The van der Waals surface area contributed by atoms with Crippen molar-refractivity contribution in [1.29, 1.82) is 0 Å². The lowest BCUT2D eigenvalue weighted by Crippen LogP contribution is -2.05. The Hall–Kier alpha value is -0.570. The molecule has 0 saturated heterocycles. The van der Waals surface area contributed by atoms with E-state index in [4.69, 9.17) is 9.84 Å². The standard InChI is InChI=1S/C26H52O3/c1-2-3-4-5-6-7-8-9-10-11-12-13-14-15-16-17-20-23-26(28)29-25-22-19-18-21-24-27/h27H,2-25H2,1H3. The third kappa shape index (κ3) is 25.4. The van der Waals surface area contributed by atoms with Crippen LogP contribution in [-0.4, -0.2) is 24.3 Å². The van der Waals surface area contributed by atoms with Gasteiger partial charge in [-0.15, -0.1) is 0 Å². The molecule has 0 radical (unpaired) electrons. The largest absolute Gasteiger partial charge is 0.466 e. The van der Waals surface area contributed by atoms with Crippen LogP contribution in [0.2, 0.25) is 0 Å². The van der Waals surface area contributed by atoms with E-state index in [0.717, 1.165) is 38.5 Å². The van der Waals surface area contributed by atoms with E-state index in [0.29, 0.717) is 13.0 Å². The molecule has 0 saturated carbocycles. The number of ether oxygens (including phenoxy) is 1. The summed E-state index contributed by atoms with van der Waals surface area (Å²) in [5, 5.41) is 8.70. The van der Waals surface area contributed by atoms with E-state index in [1.165, 1.54) is 96.3 Å². The normalized spacial score (nSPS) is 11.1. The Morgan fingerprint density at radius 3 is 1.38 bits per heavy atom. The van der Waals surface area contributed by atoms with E-state index in [1.54, 1.807) is 0 Å². The third-order valence-electron chi connectivity index (χ3n) is 5.80. The lowest BCUT2D eigenvalue weighted by atomic mass is 10.0. The number of aliphatic hydroxyl groups excluding tert-OH is 1. The van der Waals surface area contributed by atoms with Crippen molar-refractivity contribution in [3.63, 3.8) is 0 Å². The van der Waals surface area contributed by atoms with Crippen molar-refractivity contribution in [2.24, 2.45) is 0 Å². The van der Waals surface area contributed by atoms with Crippen molar-refractivity contribution >= 4 is 5.97 Å². The monoisotopic (exact) mass is 412 g/mol. The number of hydrogen-bond donors (Lipinski definition) is 1. The number of carbonyl (C=O) groups is 1. The highest BCUT2D eigenvalue weighted by Crippen LogP contribution is 2.14. The van der Waals surface area contributed by atoms with Gasteiger partial charge >= 0.3 is 5.97 Å². The van der Waals surface area contributed by atoms with E-state index < -0.39 is 0 Å². The predicted molar refractivity (Wildman–Crippen MR) is 125 cm³/mol. The van der Waals surface area contributed by atoms with Crippen molar-refractivity contribution in [3.8, 4) is 0 Å². The second-order valence-corrected chi connectivity index (χ2v) is 8.77. The molecule has 0 bridgehead atoms. The van der Waals surface area contributed by atoms with E-state index in [-0.39, 0.29) is 12.6 Å². The third-order valence-corrected chi connectivity index (χ3v) is 5.80. The topological polar surface area (TPSA) is 46.5 Å². The van der Waals surface area contributed by atoms with Crippen LogP contribution >= 0.6 is 0 Å². The number of esters is 1. The molecule has 29 heavy (non-hydrogen) atoms. The Kier molecular flexibility index (Phi) is 25.0. The van der Waals surface area contributed by atoms with E-state index in [9.17, 15) is 4.79 Å². The first-order valence-electron chi connectivity index (χ1n) is 13.1. The van der Waals surface area contributed by atoms with Gasteiger partial charge in [-0.3, -0.25) is 4.79 Å². The molecule has 0 rings (SSSR count). The molecule has 174 valence electrons. The first-order valence-corrected chi connectivity index (χ1v) is 13.1. The molecular weight excluding hydrogens is 360 g/mol. The summed E-state index contributed by atoms with van der Waals surface area (Å²) in [5.74, 6) is -0.0342. The summed E-state index contributed by atoms with van der Waals surface area (Å²) in [6.45, 7) is 3.09. The van der Waals surface area contributed by atoms with Gasteiger partial charge in [0.15, 0.2) is 0 Å². The Morgan fingerprint density at radius 1 is 0.552 bits per heavy atom. The van der Waals surface area contributed by atoms with Gasteiger partial charge in [-0.2, -0.15) is 0 Å². The van der Waals surface area contributed by atoms with E-state index >= 15 is 0 Å². The highest BCUT2D eigenvalue weighted by molar-refractivity contribution is 5.69. The average molecular weight is 413 g/mol. The van der Waals surface area contributed by atoms with Crippen LogP contribution in [-0.2, 0) is 9.53 Å². The van der Waals surface area contributed by atoms with Gasteiger partial charge in [-0.05, 0) is 25.7 Å². The molecule has 0 atom stereocenters. The van der Waals surface area contributed by atoms with Gasteiger partial charge in [0.2, 0.25) is 0 Å².